The number of amides is 1. The van der Waals surface area contributed by atoms with Crippen molar-refractivity contribution in [3.8, 4) is 0 Å². The standard InChI is InChI=1S/C14H16N2O/c15-14(17)9-5-6-12-11-4-2-1-3-10(11)8-16-13(12)7-9/h5-7,16H,1-4,8H2,(H2,15,17). The summed E-state index contributed by atoms with van der Waals surface area (Å²) < 4.78 is 0. The average molecular weight is 228 g/mol. The molecule has 88 valence electrons. The second kappa shape index (κ2) is 3.91. The van der Waals surface area contributed by atoms with Gasteiger partial charge >= 0.3 is 0 Å². The van der Waals surface area contributed by atoms with Gasteiger partial charge in [0, 0.05) is 23.4 Å². The molecule has 0 spiro atoms. The third-order valence-corrected chi connectivity index (χ3v) is 3.70. The smallest absolute Gasteiger partial charge is 0.248 e. The average Bonchev–Trinajstić information content (AvgIpc) is 2.38. The maximum Gasteiger partial charge on any atom is 0.248 e. The molecule has 0 bridgehead atoms. The van der Waals surface area contributed by atoms with E-state index in [2.05, 4.69) is 5.32 Å². The van der Waals surface area contributed by atoms with Gasteiger partial charge in [0.1, 0.15) is 0 Å². The summed E-state index contributed by atoms with van der Waals surface area (Å²) in [6.45, 7) is 0.921. The fourth-order valence-corrected chi connectivity index (χ4v) is 2.80. The molecular weight excluding hydrogens is 212 g/mol. The molecule has 17 heavy (non-hydrogen) atoms. The normalized spacial score (nSPS) is 18.1. The minimum atomic E-state index is -0.363. The van der Waals surface area contributed by atoms with Crippen LogP contribution in [-0.4, -0.2) is 12.5 Å². The summed E-state index contributed by atoms with van der Waals surface area (Å²) in [6.07, 6.45) is 4.95. The van der Waals surface area contributed by atoms with E-state index in [9.17, 15) is 4.79 Å². The summed E-state index contributed by atoms with van der Waals surface area (Å²) in [6, 6.07) is 5.73. The molecule has 0 unspecified atom stereocenters. The highest BCUT2D eigenvalue weighted by Crippen LogP contribution is 2.39. The molecule has 0 radical (unpaired) electrons. The monoisotopic (exact) mass is 228 g/mol. The highest BCUT2D eigenvalue weighted by molar-refractivity contribution is 5.95. The fraction of sp³-hybridized carbons (Fsp3) is 0.357. The first kappa shape index (κ1) is 10.4. The number of carbonyl (C=O) groups is 1. The SMILES string of the molecule is NC(=O)c1ccc2c(c1)NCC1=C2CCCC1. The van der Waals surface area contributed by atoms with Crippen LogP contribution in [0.15, 0.2) is 23.8 Å². The largest absolute Gasteiger partial charge is 0.381 e. The van der Waals surface area contributed by atoms with Crippen LogP contribution >= 0.6 is 0 Å². The molecule has 1 aromatic carbocycles. The minimum absolute atomic E-state index is 0.363. The number of hydrogen-bond acceptors (Lipinski definition) is 2. The van der Waals surface area contributed by atoms with Crippen molar-refractivity contribution in [2.45, 2.75) is 25.7 Å². The predicted octanol–water partition coefficient (Wildman–Crippen LogP) is 2.54. The summed E-state index contributed by atoms with van der Waals surface area (Å²) in [5.74, 6) is -0.363. The number of allylic oxidation sites excluding steroid dienone is 1. The van der Waals surface area contributed by atoms with Crippen LogP contribution in [0.2, 0.25) is 0 Å². The van der Waals surface area contributed by atoms with E-state index in [0.717, 1.165) is 12.2 Å². The molecule has 2 aliphatic rings. The zero-order valence-corrected chi connectivity index (χ0v) is 9.75. The summed E-state index contributed by atoms with van der Waals surface area (Å²) in [5.41, 5.74) is 11.2. The van der Waals surface area contributed by atoms with Gasteiger partial charge in [0.25, 0.3) is 0 Å². The summed E-state index contributed by atoms with van der Waals surface area (Å²) in [4.78, 5) is 11.2. The Kier molecular flexibility index (Phi) is 2.39. The quantitative estimate of drug-likeness (QED) is 0.776. The third-order valence-electron chi connectivity index (χ3n) is 3.70. The topological polar surface area (TPSA) is 55.1 Å². The second-order valence-corrected chi connectivity index (χ2v) is 4.77. The number of benzene rings is 1. The number of nitrogens with one attached hydrogen (secondary N) is 1. The van der Waals surface area contributed by atoms with E-state index in [4.69, 9.17) is 5.73 Å². The molecule has 1 aliphatic carbocycles. The second-order valence-electron chi connectivity index (χ2n) is 4.77. The Balaban J connectivity index is 2.08. The van der Waals surface area contributed by atoms with E-state index < -0.39 is 0 Å². The molecule has 0 fully saturated rings. The van der Waals surface area contributed by atoms with E-state index in [-0.39, 0.29) is 5.91 Å². The number of rotatable bonds is 1. The highest BCUT2D eigenvalue weighted by atomic mass is 16.1. The van der Waals surface area contributed by atoms with Crippen molar-refractivity contribution in [3.63, 3.8) is 0 Å². The first-order valence-electron chi connectivity index (χ1n) is 6.15. The van der Waals surface area contributed by atoms with Crippen molar-refractivity contribution in [2.24, 2.45) is 5.73 Å². The van der Waals surface area contributed by atoms with Gasteiger partial charge < -0.3 is 11.1 Å². The lowest BCUT2D eigenvalue weighted by molar-refractivity contribution is 0.100. The molecule has 1 heterocycles. The molecular formula is C14H16N2O. The molecule has 0 saturated heterocycles. The Morgan fingerprint density at radius 1 is 1.24 bits per heavy atom. The number of nitrogens with two attached hydrogens (primary N) is 1. The summed E-state index contributed by atoms with van der Waals surface area (Å²) in [5, 5.41) is 3.39. The lowest BCUT2D eigenvalue weighted by atomic mass is 9.84. The maximum atomic E-state index is 11.2. The number of fused-ring (bicyclic) bond motifs is 2. The van der Waals surface area contributed by atoms with E-state index >= 15 is 0 Å². The lowest BCUT2D eigenvalue weighted by Crippen LogP contribution is -2.18. The number of hydrogen-bond donors (Lipinski definition) is 2. The van der Waals surface area contributed by atoms with Gasteiger partial charge in [-0.3, -0.25) is 4.79 Å². The zero-order valence-electron chi connectivity index (χ0n) is 9.75. The Labute approximate surface area is 101 Å². The Morgan fingerprint density at radius 3 is 2.88 bits per heavy atom. The summed E-state index contributed by atoms with van der Waals surface area (Å²) >= 11 is 0. The predicted molar refractivity (Wildman–Crippen MR) is 68.8 cm³/mol. The van der Waals surface area contributed by atoms with Crippen LogP contribution in [0.3, 0.4) is 0 Å². The number of primary amides is 1. The molecule has 1 aliphatic heterocycles. The van der Waals surface area contributed by atoms with Crippen LogP contribution in [0, 0.1) is 0 Å². The molecule has 3 nitrogen and oxygen atoms in total. The van der Waals surface area contributed by atoms with Crippen molar-refractivity contribution in [1.29, 1.82) is 0 Å². The van der Waals surface area contributed by atoms with Crippen LogP contribution in [0.5, 0.6) is 0 Å². The van der Waals surface area contributed by atoms with Crippen molar-refractivity contribution >= 4 is 17.2 Å². The van der Waals surface area contributed by atoms with Crippen LogP contribution in [0.25, 0.3) is 5.57 Å². The third kappa shape index (κ3) is 1.71. The molecule has 1 amide bonds. The molecule has 1 aromatic rings. The first-order valence-corrected chi connectivity index (χ1v) is 6.15. The minimum Gasteiger partial charge on any atom is -0.381 e. The van der Waals surface area contributed by atoms with Gasteiger partial charge in [-0.25, -0.2) is 0 Å². The zero-order chi connectivity index (χ0) is 11.8. The maximum absolute atomic E-state index is 11.2. The molecule has 0 aromatic heterocycles. The fourth-order valence-electron chi connectivity index (χ4n) is 2.80. The van der Waals surface area contributed by atoms with Crippen molar-refractivity contribution < 1.29 is 4.79 Å². The molecule has 0 atom stereocenters. The lowest BCUT2D eigenvalue weighted by Gasteiger charge is -2.28. The van der Waals surface area contributed by atoms with Crippen LogP contribution in [0.1, 0.15) is 41.6 Å². The van der Waals surface area contributed by atoms with Gasteiger partial charge in [0.15, 0.2) is 0 Å². The van der Waals surface area contributed by atoms with E-state index in [1.54, 1.807) is 0 Å². The Morgan fingerprint density at radius 2 is 2.06 bits per heavy atom. The van der Waals surface area contributed by atoms with E-state index in [1.807, 2.05) is 18.2 Å². The molecule has 3 N–H and O–H groups in total. The molecule has 0 saturated carbocycles. The first-order chi connectivity index (χ1) is 8.25. The van der Waals surface area contributed by atoms with E-state index in [1.165, 1.54) is 42.4 Å². The van der Waals surface area contributed by atoms with Gasteiger partial charge in [-0.2, -0.15) is 0 Å². The highest BCUT2D eigenvalue weighted by Gasteiger charge is 2.21. The van der Waals surface area contributed by atoms with Gasteiger partial charge in [0.2, 0.25) is 5.91 Å². The molecule has 3 rings (SSSR count). The molecule has 3 heteroatoms. The van der Waals surface area contributed by atoms with Gasteiger partial charge in [-0.05, 0) is 49.0 Å². The Hall–Kier alpha value is -1.77. The van der Waals surface area contributed by atoms with Gasteiger partial charge in [-0.15, -0.1) is 0 Å². The summed E-state index contributed by atoms with van der Waals surface area (Å²) in [7, 11) is 0. The van der Waals surface area contributed by atoms with Gasteiger partial charge in [-0.1, -0.05) is 6.07 Å². The van der Waals surface area contributed by atoms with Crippen LogP contribution < -0.4 is 11.1 Å². The van der Waals surface area contributed by atoms with Gasteiger partial charge in [0.05, 0.1) is 0 Å². The van der Waals surface area contributed by atoms with Crippen LogP contribution in [0.4, 0.5) is 5.69 Å². The number of carbonyl (C=O) groups excluding carboxylic acids is 1. The van der Waals surface area contributed by atoms with Crippen molar-refractivity contribution in [2.75, 3.05) is 11.9 Å². The van der Waals surface area contributed by atoms with Crippen molar-refractivity contribution in [3.05, 3.63) is 34.9 Å². The van der Waals surface area contributed by atoms with E-state index in [0.29, 0.717) is 5.56 Å². The van der Waals surface area contributed by atoms with Crippen molar-refractivity contribution in [1.82, 2.24) is 0 Å². The Bertz CT molecular complexity index is 517. The number of anilines is 1. The van der Waals surface area contributed by atoms with Crippen LogP contribution in [-0.2, 0) is 0 Å².